The number of unbranched alkanes of at least 4 members (excludes halogenated alkanes) is 2. The number of aryl methyl sites for hydroxylation is 1. The Morgan fingerprint density at radius 3 is 2.08 bits per heavy atom. The van der Waals surface area contributed by atoms with Crippen LogP contribution in [0.3, 0.4) is 0 Å². The minimum atomic E-state index is -0.291. The highest BCUT2D eigenvalue weighted by Gasteiger charge is 2.16. The third kappa shape index (κ3) is 11.5. The summed E-state index contributed by atoms with van der Waals surface area (Å²) in [6.45, 7) is 10.8. The second kappa shape index (κ2) is 19.7. The highest BCUT2D eigenvalue weighted by Crippen LogP contribution is 2.46. The highest BCUT2D eigenvalue weighted by molar-refractivity contribution is 7.70. The van der Waals surface area contributed by atoms with Crippen LogP contribution in [0, 0.1) is 19.8 Å². The van der Waals surface area contributed by atoms with E-state index < -0.39 is 0 Å². The first-order valence-electron chi connectivity index (χ1n) is 12.9. The van der Waals surface area contributed by atoms with Gasteiger partial charge in [0.1, 0.15) is 0 Å². The fourth-order valence-electron chi connectivity index (χ4n) is 4.02. The summed E-state index contributed by atoms with van der Waals surface area (Å²) in [6.07, 6.45) is 30.0. The third-order valence-corrected chi connectivity index (χ3v) is 10.9. The minimum Gasteiger partial charge on any atom is -0.124 e. The van der Waals surface area contributed by atoms with Gasteiger partial charge in [-0.25, -0.2) is 0 Å². The summed E-state index contributed by atoms with van der Waals surface area (Å²) in [5.74, 6) is 2.45. The lowest BCUT2D eigenvalue weighted by molar-refractivity contribution is 0.782. The molecule has 2 atom stereocenters. The van der Waals surface area contributed by atoms with Gasteiger partial charge in [-0.05, 0) is 89.2 Å². The van der Waals surface area contributed by atoms with E-state index >= 15 is 0 Å². The third-order valence-electron chi connectivity index (χ3n) is 5.77. The van der Waals surface area contributed by atoms with E-state index in [-0.39, 0.29) is 15.8 Å². The van der Waals surface area contributed by atoms with Crippen molar-refractivity contribution in [3.63, 3.8) is 0 Å². The Labute approximate surface area is 224 Å². The summed E-state index contributed by atoms with van der Waals surface area (Å²) >= 11 is 0. The van der Waals surface area contributed by atoms with Crippen LogP contribution in [0.25, 0.3) is 0 Å². The lowest BCUT2D eigenvalue weighted by Gasteiger charge is -2.22. The fourth-order valence-corrected chi connectivity index (χ4v) is 8.74. The van der Waals surface area contributed by atoms with Gasteiger partial charge >= 0.3 is 0 Å². The molecule has 0 N–H and O–H groups in total. The molecule has 2 aromatic rings. The van der Waals surface area contributed by atoms with Crippen molar-refractivity contribution in [2.24, 2.45) is 0 Å². The molecule has 0 saturated carbocycles. The van der Waals surface area contributed by atoms with Gasteiger partial charge in [0.2, 0.25) is 0 Å². The zero-order chi connectivity index (χ0) is 26.6. The Balaban J connectivity index is 0.00000316. The molecule has 2 unspecified atom stereocenters. The molecule has 2 rings (SSSR count). The number of benzene rings is 2. The van der Waals surface area contributed by atoms with Gasteiger partial charge < -0.3 is 0 Å². The molecule has 0 spiro atoms. The molecular weight excluding hydrogens is 470 g/mol. The van der Waals surface area contributed by atoms with Crippen molar-refractivity contribution in [1.29, 1.82) is 0 Å². The smallest absolute Gasteiger partial charge is 0.0166 e. The van der Waals surface area contributed by atoms with E-state index in [0.29, 0.717) is 0 Å². The van der Waals surface area contributed by atoms with Gasteiger partial charge in [0.25, 0.3) is 0 Å². The van der Waals surface area contributed by atoms with Crippen LogP contribution in [-0.2, 0) is 0 Å². The molecule has 2 aromatic carbocycles. The predicted octanol–water partition coefficient (Wildman–Crippen LogP) is 9.85. The summed E-state index contributed by atoms with van der Waals surface area (Å²) < 4.78 is 0. The first kappa shape index (κ1) is 31.6. The molecule has 0 amide bonds. The van der Waals surface area contributed by atoms with Crippen molar-refractivity contribution in [2.45, 2.75) is 53.9 Å². The van der Waals surface area contributed by atoms with Crippen LogP contribution >= 0.6 is 15.8 Å². The topological polar surface area (TPSA) is 0 Å². The van der Waals surface area contributed by atoms with Crippen LogP contribution in [0.1, 0.15) is 52.5 Å². The molecule has 0 aliphatic carbocycles. The molecule has 0 saturated heterocycles. The first-order valence-corrected chi connectivity index (χ1v) is 16.0. The van der Waals surface area contributed by atoms with E-state index in [1.807, 2.05) is 0 Å². The quantitative estimate of drug-likeness (QED) is 0.108. The van der Waals surface area contributed by atoms with E-state index in [1.165, 1.54) is 53.3 Å². The van der Waals surface area contributed by atoms with E-state index in [4.69, 9.17) is 0 Å². The molecule has 0 aliphatic rings. The summed E-state index contributed by atoms with van der Waals surface area (Å²) in [4.78, 5) is 0. The number of hydrogen-bond acceptors (Lipinski definition) is 0. The van der Waals surface area contributed by atoms with Crippen LogP contribution in [0.5, 0.6) is 0 Å². The lowest BCUT2D eigenvalue weighted by Crippen LogP contribution is -2.09. The lowest BCUT2D eigenvalue weighted by atomic mass is 10.2. The number of terminal acetylenes is 1. The Hall–Kier alpha value is -2.44. The standard InChI is InChI=1S/C32H42P2.C2H2/c1-6-18-28(4)20-17-26-33(31-22-11-9-12-23-31)25-15-10-16-27-34(30(8-3)19-7-2)32-24-14-13-21-29(32)5;1-2/h6-9,11-14,17-24,26H,10,15-16,25,27H2,1-5H3;1-2H/b18-6-,19-7-,26-17+,28-20-,30-8+;. The van der Waals surface area contributed by atoms with Crippen LogP contribution in [0.2, 0.25) is 0 Å². The Kier molecular flexibility index (Phi) is 17.3. The average molecular weight is 515 g/mol. The van der Waals surface area contributed by atoms with Crippen LogP contribution in [-0.4, -0.2) is 12.3 Å². The summed E-state index contributed by atoms with van der Waals surface area (Å²) in [7, 11) is -0.555. The van der Waals surface area contributed by atoms with Crippen molar-refractivity contribution in [2.75, 3.05) is 12.3 Å². The molecule has 0 nitrogen and oxygen atoms in total. The Morgan fingerprint density at radius 2 is 1.44 bits per heavy atom. The summed E-state index contributed by atoms with van der Waals surface area (Å²) in [5.41, 5.74) is 2.73. The molecule has 190 valence electrons. The fraction of sp³-hybridized carbons (Fsp3) is 0.294. The van der Waals surface area contributed by atoms with Crippen LogP contribution in [0.15, 0.2) is 114 Å². The highest BCUT2D eigenvalue weighted by atomic mass is 31.1. The predicted molar refractivity (Wildman–Crippen MR) is 170 cm³/mol. The first-order chi connectivity index (χ1) is 17.6. The van der Waals surface area contributed by atoms with Gasteiger partial charge in [-0.15, -0.1) is 12.8 Å². The molecule has 0 heterocycles. The van der Waals surface area contributed by atoms with Gasteiger partial charge in [0.15, 0.2) is 0 Å². The number of allylic oxidation sites excluding steroid dienone is 9. The normalized spacial score (nSPS) is 14.2. The molecule has 0 radical (unpaired) electrons. The maximum absolute atomic E-state index is 4.00. The Bertz CT molecular complexity index is 1040. The molecule has 0 fully saturated rings. The van der Waals surface area contributed by atoms with E-state index in [9.17, 15) is 0 Å². The van der Waals surface area contributed by atoms with E-state index in [2.05, 4.69) is 150 Å². The zero-order valence-corrected chi connectivity index (χ0v) is 24.7. The van der Waals surface area contributed by atoms with Crippen molar-refractivity contribution >= 4 is 26.5 Å². The average Bonchev–Trinajstić information content (AvgIpc) is 2.91. The van der Waals surface area contributed by atoms with Gasteiger partial charge in [-0.3, -0.25) is 0 Å². The van der Waals surface area contributed by atoms with Crippen molar-refractivity contribution < 1.29 is 0 Å². The second-order valence-corrected chi connectivity index (χ2v) is 13.0. The molecule has 36 heavy (non-hydrogen) atoms. The van der Waals surface area contributed by atoms with Crippen molar-refractivity contribution in [3.05, 3.63) is 119 Å². The number of rotatable bonds is 13. The zero-order valence-electron chi connectivity index (χ0n) is 22.9. The van der Waals surface area contributed by atoms with Gasteiger partial charge in [-0.2, -0.15) is 0 Å². The summed E-state index contributed by atoms with van der Waals surface area (Å²) in [5, 5.41) is 4.53. The molecule has 0 aliphatic heterocycles. The summed E-state index contributed by atoms with van der Waals surface area (Å²) in [6, 6.07) is 20.0. The van der Waals surface area contributed by atoms with E-state index in [1.54, 1.807) is 5.30 Å². The number of hydrogen-bond donors (Lipinski definition) is 0. The van der Waals surface area contributed by atoms with Gasteiger partial charge in [0.05, 0.1) is 0 Å². The molecular formula is C34H44P2. The van der Waals surface area contributed by atoms with Crippen LogP contribution in [0.4, 0.5) is 0 Å². The van der Waals surface area contributed by atoms with Gasteiger partial charge in [-0.1, -0.05) is 123 Å². The molecule has 0 aromatic heterocycles. The monoisotopic (exact) mass is 514 g/mol. The van der Waals surface area contributed by atoms with Crippen LogP contribution < -0.4 is 10.6 Å². The van der Waals surface area contributed by atoms with E-state index in [0.717, 1.165) is 0 Å². The Morgan fingerprint density at radius 1 is 0.806 bits per heavy atom. The minimum absolute atomic E-state index is 0.264. The maximum atomic E-state index is 4.00. The largest absolute Gasteiger partial charge is 0.124 e. The SMILES string of the molecule is C#C.C\C=C/C(C)=C\C=C\P(CCCCCP(C(/C=C\C)=C/C)c1ccccc1C)c1ccccc1. The van der Waals surface area contributed by atoms with Crippen molar-refractivity contribution in [1.82, 2.24) is 0 Å². The molecule has 2 heteroatoms. The second-order valence-electron chi connectivity index (χ2n) is 8.49. The molecule has 0 bridgehead atoms. The maximum Gasteiger partial charge on any atom is -0.0166 e. The van der Waals surface area contributed by atoms with Gasteiger partial charge in [0, 0.05) is 0 Å². The van der Waals surface area contributed by atoms with Crippen molar-refractivity contribution in [3.8, 4) is 12.8 Å².